The molecular formula is C24H30N2O4. The summed E-state index contributed by atoms with van der Waals surface area (Å²) in [6, 6.07) is 16.4. The van der Waals surface area contributed by atoms with E-state index in [9.17, 15) is 14.4 Å². The molecule has 0 saturated carbocycles. The van der Waals surface area contributed by atoms with Gasteiger partial charge in [-0.2, -0.15) is 0 Å². The van der Waals surface area contributed by atoms with E-state index in [1.165, 1.54) is 12.7 Å². The van der Waals surface area contributed by atoms with Gasteiger partial charge < -0.3 is 15.4 Å². The number of hydrogen-bond donors (Lipinski definition) is 2. The molecule has 0 aliphatic heterocycles. The standard InChI is InChI=1S/C24H30N2O4/c1-17(2)19-12-14-20(15-13-19)25-22(27)10-7-11-23(28)26-21(24(29)30-3)16-18-8-5-4-6-9-18/h4-6,8-9,12-15,17,21H,7,10-11,16H2,1-3H3,(H,25,27)(H,26,28)/t21-/m0/s1. The molecule has 0 aromatic heterocycles. The molecule has 0 bridgehead atoms. The van der Waals surface area contributed by atoms with Crippen LogP contribution in [0.25, 0.3) is 0 Å². The number of carbonyl (C=O) groups is 3. The molecule has 2 amide bonds. The first-order chi connectivity index (χ1) is 14.4. The predicted octanol–water partition coefficient (Wildman–Crippen LogP) is 3.82. The van der Waals surface area contributed by atoms with Crippen LogP contribution in [0.2, 0.25) is 0 Å². The van der Waals surface area contributed by atoms with Gasteiger partial charge in [0.25, 0.3) is 0 Å². The Morgan fingerprint density at radius 2 is 1.53 bits per heavy atom. The first kappa shape index (κ1) is 23.1. The van der Waals surface area contributed by atoms with Gasteiger partial charge in [0.1, 0.15) is 6.04 Å². The summed E-state index contributed by atoms with van der Waals surface area (Å²) in [4.78, 5) is 36.4. The highest BCUT2D eigenvalue weighted by Crippen LogP contribution is 2.17. The fourth-order valence-corrected chi connectivity index (χ4v) is 3.04. The van der Waals surface area contributed by atoms with E-state index < -0.39 is 12.0 Å². The van der Waals surface area contributed by atoms with Gasteiger partial charge in [-0.3, -0.25) is 9.59 Å². The summed E-state index contributed by atoms with van der Waals surface area (Å²) >= 11 is 0. The molecule has 30 heavy (non-hydrogen) atoms. The van der Waals surface area contributed by atoms with E-state index in [1.807, 2.05) is 54.6 Å². The Morgan fingerprint density at radius 1 is 0.900 bits per heavy atom. The lowest BCUT2D eigenvalue weighted by atomic mass is 10.0. The molecule has 2 rings (SSSR count). The number of hydrogen-bond acceptors (Lipinski definition) is 4. The zero-order valence-corrected chi connectivity index (χ0v) is 17.8. The number of nitrogens with one attached hydrogen (secondary N) is 2. The SMILES string of the molecule is COC(=O)[C@H](Cc1ccccc1)NC(=O)CCCC(=O)Nc1ccc(C(C)C)cc1. The third-order valence-electron chi connectivity index (χ3n) is 4.77. The van der Waals surface area contributed by atoms with Crippen molar-refractivity contribution in [3.8, 4) is 0 Å². The number of benzene rings is 2. The van der Waals surface area contributed by atoms with Crippen LogP contribution in [0.15, 0.2) is 54.6 Å². The van der Waals surface area contributed by atoms with Gasteiger partial charge in [-0.1, -0.05) is 56.3 Å². The van der Waals surface area contributed by atoms with E-state index in [1.54, 1.807) is 0 Å². The number of methoxy groups -OCH3 is 1. The van der Waals surface area contributed by atoms with Crippen LogP contribution in [0.4, 0.5) is 5.69 Å². The molecule has 2 aromatic rings. The summed E-state index contributed by atoms with van der Waals surface area (Å²) < 4.78 is 4.80. The number of carbonyl (C=O) groups excluding carboxylic acids is 3. The molecule has 0 unspecified atom stereocenters. The topological polar surface area (TPSA) is 84.5 Å². The third-order valence-corrected chi connectivity index (χ3v) is 4.77. The minimum Gasteiger partial charge on any atom is -0.467 e. The minimum absolute atomic E-state index is 0.145. The maximum atomic E-state index is 12.3. The van der Waals surface area contributed by atoms with Gasteiger partial charge in [-0.05, 0) is 35.6 Å². The number of rotatable bonds is 10. The molecule has 0 radical (unpaired) electrons. The second-order valence-corrected chi connectivity index (χ2v) is 7.51. The first-order valence-corrected chi connectivity index (χ1v) is 10.2. The normalized spacial score (nSPS) is 11.6. The molecule has 160 valence electrons. The zero-order valence-electron chi connectivity index (χ0n) is 17.8. The molecular weight excluding hydrogens is 380 g/mol. The Balaban J connectivity index is 1.77. The molecule has 0 saturated heterocycles. The average Bonchev–Trinajstić information content (AvgIpc) is 2.73. The number of anilines is 1. The van der Waals surface area contributed by atoms with Crippen LogP contribution in [-0.2, 0) is 25.5 Å². The van der Waals surface area contributed by atoms with Crippen molar-refractivity contribution in [2.75, 3.05) is 12.4 Å². The second-order valence-electron chi connectivity index (χ2n) is 7.51. The molecule has 1 atom stereocenters. The fraction of sp³-hybridized carbons (Fsp3) is 0.375. The first-order valence-electron chi connectivity index (χ1n) is 10.2. The van der Waals surface area contributed by atoms with Gasteiger partial charge in [0, 0.05) is 24.9 Å². The summed E-state index contributed by atoms with van der Waals surface area (Å²) in [5.74, 6) is -0.483. The molecule has 6 nitrogen and oxygen atoms in total. The highest BCUT2D eigenvalue weighted by molar-refractivity contribution is 5.91. The Bertz CT molecular complexity index is 832. The van der Waals surface area contributed by atoms with Crippen molar-refractivity contribution in [3.63, 3.8) is 0 Å². The molecule has 2 N–H and O–H groups in total. The smallest absolute Gasteiger partial charge is 0.328 e. The fourth-order valence-electron chi connectivity index (χ4n) is 3.04. The van der Waals surface area contributed by atoms with Gasteiger partial charge in [-0.15, -0.1) is 0 Å². The van der Waals surface area contributed by atoms with Crippen LogP contribution in [0, 0.1) is 0 Å². The van der Waals surface area contributed by atoms with Crippen LogP contribution < -0.4 is 10.6 Å². The van der Waals surface area contributed by atoms with E-state index in [0.717, 1.165) is 11.3 Å². The minimum atomic E-state index is -0.752. The summed E-state index contributed by atoms with van der Waals surface area (Å²) in [6.07, 6.45) is 1.12. The van der Waals surface area contributed by atoms with Gasteiger partial charge in [0.05, 0.1) is 7.11 Å². The Hall–Kier alpha value is -3.15. The van der Waals surface area contributed by atoms with Crippen molar-refractivity contribution < 1.29 is 19.1 Å². The van der Waals surface area contributed by atoms with Crippen molar-refractivity contribution in [1.82, 2.24) is 5.32 Å². The maximum absolute atomic E-state index is 12.3. The van der Waals surface area contributed by atoms with Crippen molar-refractivity contribution >= 4 is 23.5 Å². The highest BCUT2D eigenvalue weighted by Gasteiger charge is 2.21. The van der Waals surface area contributed by atoms with Gasteiger partial charge in [-0.25, -0.2) is 4.79 Å². The second kappa shape index (κ2) is 11.8. The summed E-state index contributed by atoms with van der Waals surface area (Å²) in [5.41, 5.74) is 2.87. The van der Waals surface area contributed by atoms with Gasteiger partial charge in [0.15, 0.2) is 0 Å². The summed E-state index contributed by atoms with van der Waals surface area (Å²) in [7, 11) is 1.30. The lowest BCUT2D eigenvalue weighted by Gasteiger charge is -2.16. The van der Waals surface area contributed by atoms with E-state index in [2.05, 4.69) is 24.5 Å². The maximum Gasteiger partial charge on any atom is 0.328 e. The lowest BCUT2D eigenvalue weighted by molar-refractivity contribution is -0.145. The van der Waals surface area contributed by atoms with Crippen LogP contribution in [0.5, 0.6) is 0 Å². The molecule has 0 spiro atoms. The molecule has 6 heteroatoms. The van der Waals surface area contributed by atoms with Crippen molar-refractivity contribution in [2.45, 2.75) is 51.5 Å². The molecule has 0 fully saturated rings. The Labute approximate surface area is 178 Å². The average molecular weight is 411 g/mol. The van der Waals surface area contributed by atoms with Crippen molar-refractivity contribution in [3.05, 3.63) is 65.7 Å². The van der Waals surface area contributed by atoms with Gasteiger partial charge >= 0.3 is 5.97 Å². The number of ether oxygens (including phenoxy) is 1. The highest BCUT2D eigenvalue weighted by atomic mass is 16.5. The monoisotopic (exact) mass is 410 g/mol. The van der Waals surface area contributed by atoms with Crippen LogP contribution in [-0.4, -0.2) is 30.9 Å². The van der Waals surface area contributed by atoms with E-state index in [0.29, 0.717) is 18.8 Å². The van der Waals surface area contributed by atoms with Crippen molar-refractivity contribution in [1.29, 1.82) is 0 Å². The van der Waals surface area contributed by atoms with Crippen LogP contribution in [0.3, 0.4) is 0 Å². The van der Waals surface area contributed by atoms with Crippen LogP contribution in [0.1, 0.15) is 50.2 Å². The Kier molecular flexibility index (Phi) is 9.06. The van der Waals surface area contributed by atoms with E-state index in [4.69, 9.17) is 4.74 Å². The molecule has 2 aromatic carbocycles. The number of esters is 1. The number of amides is 2. The van der Waals surface area contributed by atoms with Crippen LogP contribution >= 0.6 is 0 Å². The van der Waals surface area contributed by atoms with E-state index >= 15 is 0 Å². The quantitative estimate of drug-likeness (QED) is 0.583. The predicted molar refractivity (Wildman–Crippen MR) is 117 cm³/mol. The largest absolute Gasteiger partial charge is 0.467 e. The summed E-state index contributed by atoms with van der Waals surface area (Å²) in [5, 5.41) is 5.55. The zero-order chi connectivity index (χ0) is 21.9. The Morgan fingerprint density at radius 3 is 2.13 bits per heavy atom. The van der Waals surface area contributed by atoms with Crippen molar-refractivity contribution in [2.24, 2.45) is 0 Å². The third kappa shape index (κ3) is 7.70. The molecule has 0 aliphatic carbocycles. The molecule has 0 aliphatic rings. The molecule has 0 heterocycles. The van der Waals surface area contributed by atoms with E-state index in [-0.39, 0.29) is 24.7 Å². The lowest BCUT2D eigenvalue weighted by Crippen LogP contribution is -2.43. The summed E-state index contributed by atoms with van der Waals surface area (Å²) in [6.45, 7) is 4.23. The van der Waals surface area contributed by atoms with Gasteiger partial charge in [0.2, 0.25) is 11.8 Å².